The summed E-state index contributed by atoms with van der Waals surface area (Å²) in [5, 5.41) is 15.8. The van der Waals surface area contributed by atoms with E-state index in [0.29, 0.717) is 0 Å². The zero-order valence-electron chi connectivity index (χ0n) is 6.83. The summed E-state index contributed by atoms with van der Waals surface area (Å²) in [5.41, 5.74) is 0. The van der Waals surface area contributed by atoms with Gasteiger partial charge in [0, 0.05) is 0 Å². The van der Waals surface area contributed by atoms with Gasteiger partial charge in [0.25, 0.3) is 0 Å². The zero-order chi connectivity index (χ0) is 9.12. The second kappa shape index (κ2) is 8.71. The van der Waals surface area contributed by atoms with Crippen LogP contribution in [0.2, 0.25) is 0 Å². The third-order valence-corrected chi connectivity index (χ3v) is 2.72. The van der Waals surface area contributed by atoms with Crippen molar-refractivity contribution in [2.24, 2.45) is 0 Å². The van der Waals surface area contributed by atoms with Crippen molar-refractivity contribution < 1.29 is 126 Å². The van der Waals surface area contributed by atoms with Crippen LogP contribution in [0, 0.1) is 22.1 Å². The van der Waals surface area contributed by atoms with Crippen molar-refractivity contribution in [2.45, 2.75) is 0 Å². The van der Waals surface area contributed by atoms with Crippen LogP contribution in [-0.4, -0.2) is 0 Å². The molecule has 0 spiro atoms. The van der Waals surface area contributed by atoms with Gasteiger partial charge in [-0.1, -0.05) is 0 Å². The molecule has 0 aliphatic carbocycles. The molecule has 0 saturated heterocycles. The molecule has 0 rings (SSSR count). The van der Waals surface area contributed by atoms with Crippen LogP contribution in [-0.2, 0) is 13.4 Å². The number of hydrogen-bond donors (Lipinski definition) is 0. The Hall–Kier alpha value is 2.59. The van der Waals surface area contributed by atoms with Crippen LogP contribution in [0.5, 0.6) is 0 Å². The van der Waals surface area contributed by atoms with E-state index in [0.717, 1.165) is 11.6 Å². The van der Waals surface area contributed by atoms with Gasteiger partial charge in [0.2, 0.25) is 0 Å². The van der Waals surface area contributed by atoms with Crippen LogP contribution < -0.4 is 113 Å². The summed E-state index contributed by atoms with van der Waals surface area (Å²) in [4.78, 5) is 19.5. The summed E-state index contributed by atoms with van der Waals surface area (Å²) in [7, 11) is -10.1. The van der Waals surface area contributed by atoms with E-state index < -0.39 is 15.2 Å². The van der Waals surface area contributed by atoms with Gasteiger partial charge in [-0.25, -0.2) is 0 Å². The molecule has 60 valence electrons. The topological polar surface area (TPSA) is 137 Å². The molecule has 0 radical (unpaired) electrons. The Morgan fingerprint density at radius 2 is 1.38 bits per heavy atom. The summed E-state index contributed by atoms with van der Waals surface area (Å²) in [6.45, 7) is 0. The summed E-state index contributed by atoms with van der Waals surface area (Å²) in [6, 6.07) is 0. The molecule has 0 aromatic carbocycles. The number of nitriles is 2. The van der Waals surface area contributed by atoms with Gasteiger partial charge in [-0.15, -0.1) is 0 Å². The van der Waals surface area contributed by atoms with Gasteiger partial charge in [-0.3, -0.25) is 8.88 Å². The molecule has 0 heterocycles. The van der Waals surface area contributed by atoms with E-state index in [1.165, 1.54) is 0 Å². The number of phosphoric acid groups is 1. The van der Waals surface area contributed by atoms with Gasteiger partial charge < -0.3 is 14.4 Å². The molecule has 0 aromatic rings. The van der Waals surface area contributed by atoms with Gasteiger partial charge in [-0.2, -0.15) is 10.5 Å². The first-order valence-corrected chi connectivity index (χ1v) is 5.08. The molecule has 0 bridgehead atoms. The van der Waals surface area contributed by atoms with Gasteiger partial charge in [0.05, 0.1) is 7.82 Å². The molecular weight excluding hydrogens is 272 g/mol. The SMILES string of the molecule is N#CP(=O)(C#N)OP(=O)([O-])[O-].[K+].[K+]. The second-order valence-corrected chi connectivity index (χ2v) is 4.33. The molecule has 7 nitrogen and oxygen atoms in total. The fourth-order valence-corrected chi connectivity index (χ4v) is 1.66. The Morgan fingerprint density at radius 1 is 1.08 bits per heavy atom. The van der Waals surface area contributed by atoms with E-state index in [-0.39, 0.29) is 103 Å². The molecule has 13 heavy (non-hydrogen) atoms. The standard InChI is InChI=1S/C2H2N2O5P2.2K/c3-1-10(5,2-4)9-11(6,7)8;;/h(H2,6,7,8);;/q;2*+1/p-2. The van der Waals surface area contributed by atoms with Crippen molar-refractivity contribution >= 4 is 15.2 Å². The van der Waals surface area contributed by atoms with Gasteiger partial charge in [0.15, 0.2) is 11.6 Å². The molecule has 0 unspecified atom stereocenters. The molecule has 0 amide bonds. The Kier molecular flexibility index (Phi) is 14.0. The minimum absolute atomic E-state index is 0. The summed E-state index contributed by atoms with van der Waals surface area (Å²) in [5.74, 6) is 1.57. The van der Waals surface area contributed by atoms with Crippen LogP contribution in [0.25, 0.3) is 0 Å². The van der Waals surface area contributed by atoms with Crippen molar-refractivity contribution in [3.05, 3.63) is 0 Å². The first-order chi connectivity index (χ1) is 4.83. The molecule has 0 N–H and O–H groups in total. The van der Waals surface area contributed by atoms with Crippen molar-refractivity contribution in [1.29, 1.82) is 10.5 Å². The van der Waals surface area contributed by atoms with Gasteiger partial charge in [-0.05, 0) is 0 Å². The van der Waals surface area contributed by atoms with E-state index in [1.54, 1.807) is 0 Å². The minimum Gasteiger partial charge on any atom is -0.789 e. The van der Waals surface area contributed by atoms with E-state index in [1.807, 2.05) is 0 Å². The molecule has 11 heteroatoms. The van der Waals surface area contributed by atoms with E-state index >= 15 is 0 Å². The summed E-state index contributed by atoms with van der Waals surface area (Å²) >= 11 is 0. The first-order valence-electron chi connectivity index (χ1n) is 1.99. The maximum Gasteiger partial charge on any atom is 1.00 e. The Labute approximate surface area is 159 Å². The van der Waals surface area contributed by atoms with E-state index in [2.05, 4.69) is 4.31 Å². The van der Waals surface area contributed by atoms with Crippen LogP contribution in [0.15, 0.2) is 0 Å². The minimum atomic E-state index is -5.53. The van der Waals surface area contributed by atoms with E-state index in [9.17, 15) is 18.9 Å². The van der Waals surface area contributed by atoms with Gasteiger partial charge in [0.1, 0.15) is 0 Å². The molecule has 0 fully saturated rings. The third-order valence-electron chi connectivity index (χ3n) is 0.478. The monoisotopic (exact) mass is 272 g/mol. The smallest absolute Gasteiger partial charge is 0.789 e. The Balaban J connectivity index is -0.000000500. The first kappa shape index (κ1) is 20.9. The van der Waals surface area contributed by atoms with Crippen LogP contribution in [0.1, 0.15) is 0 Å². The normalized spacial score (nSPS) is 9.85. The molecule has 0 aromatic heterocycles. The predicted octanol–water partition coefficient (Wildman–Crippen LogP) is -6.92. The number of hydrogen-bond acceptors (Lipinski definition) is 7. The van der Waals surface area contributed by atoms with E-state index in [4.69, 9.17) is 10.5 Å². The molecule has 0 saturated carbocycles. The maximum atomic E-state index is 10.4. The fraction of sp³-hybridized carbons (Fsp3) is 0. The Morgan fingerprint density at radius 3 is 1.46 bits per heavy atom. The molecule has 0 aliphatic heterocycles. The summed E-state index contributed by atoms with van der Waals surface area (Å²) < 4.78 is 23.4. The molecule has 0 atom stereocenters. The number of rotatable bonds is 2. The van der Waals surface area contributed by atoms with Crippen molar-refractivity contribution in [1.82, 2.24) is 0 Å². The van der Waals surface area contributed by atoms with Crippen LogP contribution in [0.4, 0.5) is 0 Å². The second-order valence-electron chi connectivity index (χ2n) is 1.28. The van der Waals surface area contributed by atoms with Crippen LogP contribution >= 0.6 is 15.2 Å². The predicted molar refractivity (Wildman–Crippen MR) is 27.5 cm³/mol. The maximum absolute atomic E-state index is 10.4. The molecular formula is C2K2N2O5P2. The fourth-order valence-electron chi connectivity index (χ4n) is 0.200. The third kappa shape index (κ3) is 10.9. The quantitative estimate of drug-likeness (QED) is 0.359. The Bertz CT molecular complexity index is 306. The van der Waals surface area contributed by atoms with Crippen molar-refractivity contribution in [3.8, 4) is 11.6 Å². The number of nitrogens with zero attached hydrogens (tertiary/aromatic N) is 2. The average molecular weight is 272 g/mol. The average Bonchev–Trinajstić information content (AvgIpc) is 1.84. The van der Waals surface area contributed by atoms with Gasteiger partial charge >= 0.3 is 110 Å². The van der Waals surface area contributed by atoms with Crippen molar-refractivity contribution in [3.63, 3.8) is 0 Å². The van der Waals surface area contributed by atoms with Crippen molar-refractivity contribution in [2.75, 3.05) is 0 Å². The zero-order valence-corrected chi connectivity index (χ0v) is 14.9. The largest absolute Gasteiger partial charge is 1.00 e. The van der Waals surface area contributed by atoms with Crippen LogP contribution in [0.3, 0.4) is 0 Å². The molecule has 0 aliphatic rings. The summed E-state index contributed by atoms with van der Waals surface area (Å²) in [6.07, 6.45) is 0.